The van der Waals surface area contributed by atoms with E-state index in [0.717, 1.165) is 22.3 Å². The first-order chi connectivity index (χ1) is 16.0. The highest BCUT2D eigenvalue weighted by atomic mass is 19.1. The standard InChI is InChI=1S/C26H26FNO5/c27-24-16(14-29)6-5-11-21(24)25(31)23(30)12-13-28-26(32)33-15-22-19-9-3-1-7-17(19)18-8-2-4-10-20(18)22/h1-11,22-23,25,29-31H,12-15H2,(H,28,32). The van der Waals surface area contributed by atoms with Crippen molar-refractivity contribution in [1.82, 2.24) is 5.32 Å². The number of benzene rings is 3. The van der Waals surface area contributed by atoms with Gasteiger partial charge in [0, 0.05) is 23.6 Å². The average molecular weight is 451 g/mol. The molecule has 3 aromatic rings. The van der Waals surface area contributed by atoms with Crippen LogP contribution in [-0.2, 0) is 11.3 Å². The molecule has 172 valence electrons. The smallest absolute Gasteiger partial charge is 0.407 e. The van der Waals surface area contributed by atoms with E-state index in [1.807, 2.05) is 36.4 Å². The lowest BCUT2D eigenvalue weighted by Gasteiger charge is -2.20. The minimum Gasteiger partial charge on any atom is -0.449 e. The number of fused-ring (bicyclic) bond motifs is 3. The lowest BCUT2D eigenvalue weighted by Crippen LogP contribution is -2.31. The Bertz CT molecular complexity index is 1090. The molecule has 6 nitrogen and oxygen atoms in total. The molecule has 7 heteroatoms. The fourth-order valence-electron chi connectivity index (χ4n) is 4.29. The summed E-state index contributed by atoms with van der Waals surface area (Å²) in [7, 11) is 0. The number of aliphatic hydroxyl groups is 3. The van der Waals surface area contributed by atoms with Crippen LogP contribution in [0.5, 0.6) is 0 Å². The van der Waals surface area contributed by atoms with E-state index in [9.17, 15) is 19.4 Å². The number of hydrogen-bond donors (Lipinski definition) is 4. The van der Waals surface area contributed by atoms with E-state index in [2.05, 4.69) is 17.4 Å². The second kappa shape index (κ2) is 10.1. The van der Waals surface area contributed by atoms with Crippen LogP contribution in [0.25, 0.3) is 11.1 Å². The van der Waals surface area contributed by atoms with Crippen LogP contribution in [0.3, 0.4) is 0 Å². The monoisotopic (exact) mass is 451 g/mol. The summed E-state index contributed by atoms with van der Waals surface area (Å²) in [4.78, 5) is 12.2. The third kappa shape index (κ3) is 4.75. The van der Waals surface area contributed by atoms with Gasteiger partial charge in [-0.3, -0.25) is 0 Å². The van der Waals surface area contributed by atoms with Crippen LogP contribution < -0.4 is 5.32 Å². The molecule has 0 fully saturated rings. The van der Waals surface area contributed by atoms with Gasteiger partial charge in [-0.2, -0.15) is 0 Å². The minimum absolute atomic E-state index is 0.00580. The Hall–Kier alpha value is -3.26. The summed E-state index contributed by atoms with van der Waals surface area (Å²) in [5.74, 6) is -0.812. The molecule has 0 spiro atoms. The maximum Gasteiger partial charge on any atom is 0.407 e. The first kappa shape index (κ1) is 22.9. The van der Waals surface area contributed by atoms with E-state index in [1.165, 1.54) is 18.2 Å². The van der Waals surface area contributed by atoms with Crippen molar-refractivity contribution >= 4 is 6.09 Å². The van der Waals surface area contributed by atoms with Crippen molar-refractivity contribution < 1.29 is 29.2 Å². The number of carbonyl (C=O) groups is 1. The number of rotatable bonds is 8. The molecule has 4 rings (SSSR count). The minimum atomic E-state index is -1.49. The number of alkyl carbamates (subject to hydrolysis) is 1. The van der Waals surface area contributed by atoms with E-state index in [0.29, 0.717) is 0 Å². The van der Waals surface area contributed by atoms with Crippen molar-refractivity contribution in [2.75, 3.05) is 13.2 Å². The number of halogens is 1. The Morgan fingerprint density at radius 1 is 0.970 bits per heavy atom. The average Bonchev–Trinajstić information content (AvgIpc) is 3.16. The molecule has 3 aromatic carbocycles. The van der Waals surface area contributed by atoms with Gasteiger partial charge in [-0.05, 0) is 28.7 Å². The molecular weight excluding hydrogens is 425 g/mol. The third-order valence-electron chi connectivity index (χ3n) is 6.02. The van der Waals surface area contributed by atoms with Gasteiger partial charge in [0.2, 0.25) is 0 Å². The number of nitrogens with one attached hydrogen (secondary N) is 1. The number of aliphatic hydroxyl groups excluding tert-OH is 3. The zero-order valence-corrected chi connectivity index (χ0v) is 17.9. The summed E-state index contributed by atoms with van der Waals surface area (Å²) in [6.07, 6.45) is -3.43. The summed E-state index contributed by atoms with van der Waals surface area (Å²) >= 11 is 0. The van der Waals surface area contributed by atoms with Gasteiger partial charge in [-0.1, -0.05) is 66.7 Å². The van der Waals surface area contributed by atoms with Gasteiger partial charge in [0.15, 0.2) is 0 Å². The maximum atomic E-state index is 14.3. The van der Waals surface area contributed by atoms with Crippen LogP contribution in [0.4, 0.5) is 9.18 Å². The van der Waals surface area contributed by atoms with E-state index in [-0.39, 0.29) is 36.6 Å². The second-order valence-electron chi connectivity index (χ2n) is 8.03. The highest BCUT2D eigenvalue weighted by molar-refractivity contribution is 5.79. The Morgan fingerprint density at radius 2 is 1.61 bits per heavy atom. The Morgan fingerprint density at radius 3 is 2.24 bits per heavy atom. The van der Waals surface area contributed by atoms with Crippen molar-refractivity contribution in [3.63, 3.8) is 0 Å². The quantitative estimate of drug-likeness (QED) is 0.419. The van der Waals surface area contributed by atoms with Gasteiger partial charge < -0.3 is 25.4 Å². The molecule has 33 heavy (non-hydrogen) atoms. The summed E-state index contributed by atoms with van der Waals surface area (Å²) in [6.45, 7) is -0.299. The zero-order valence-electron chi connectivity index (χ0n) is 17.9. The Labute approximate surface area is 191 Å². The van der Waals surface area contributed by atoms with Crippen LogP contribution in [0.15, 0.2) is 66.7 Å². The van der Waals surface area contributed by atoms with Gasteiger partial charge in [0.05, 0.1) is 12.7 Å². The number of ether oxygens (including phenoxy) is 1. The van der Waals surface area contributed by atoms with Gasteiger partial charge in [-0.15, -0.1) is 0 Å². The first-order valence-electron chi connectivity index (χ1n) is 10.8. The molecule has 0 bridgehead atoms. The van der Waals surface area contributed by atoms with Crippen LogP contribution >= 0.6 is 0 Å². The van der Waals surface area contributed by atoms with E-state index in [4.69, 9.17) is 9.84 Å². The van der Waals surface area contributed by atoms with Crippen LogP contribution in [0.2, 0.25) is 0 Å². The summed E-state index contributed by atoms with van der Waals surface area (Å²) in [5.41, 5.74) is 4.42. The number of hydrogen-bond acceptors (Lipinski definition) is 5. The molecule has 2 unspecified atom stereocenters. The van der Waals surface area contributed by atoms with E-state index >= 15 is 0 Å². The lowest BCUT2D eigenvalue weighted by molar-refractivity contribution is 0.0114. The predicted octanol–water partition coefficient (Wildman–Crippen LogP) is 3.64. The van der Waals surface area contributed by atoms with Crippen LogP contribution in [0.1, 0.15) is 40.7 Å². The molecule has 1 amide bonds. The molecule has 1 aliphatic carbocycles. The van der Waals surface area contributed by atoms with Crippen LogP contribution in [-0.4, -0.2) is 40.7 Å². The summed E-state index contributed by atoms with van der Waals surface area (Å²) in [6, 6.07) is 20.3. The maximum absolute atomic E-state index is 14.3. The van der Waals surface area contributed by atoms with Gasteiger partial charge in [0.1, 0.15) is 18.5 Å². The largest absolute Gasteiger partial charge is 0.449 e. The molecule has 0 radical (unpaired) electrons. The number of carbonyl (C=O) groups excluding carboxylic acids is 1. The van der Waals surface area contributed by atoms with Crippen molar-refractivity contribution in [2.24, 2.45) is 0 Å². The summed E-state index contributed by atoms with van der Waals surface area (Å²) < 4.78 is 19.7. The summed E-state index contributed by atoms with van der Waals surface area (Å²) in [5, 5.41) is 32.2. The van der Waals surface area contributed by atoms with Gasteiger partial charge in [0.25, 0.3) is 0 Å². The number of amides is 1. The molecule has 0 aromatic heterocycles. The molecule has 1 aliphatic rings. The molecule has 0 heterocycles. The highest BCUT2D eigenvalue weighted by Crippen LogP contribution is 2.44. The normalized spacial score (nSPS) is 14.3. The fraction of sp³-hybridized carbons (Fsp3) is 0.269. The molecule has 2 atom stereocenters. The van der Waals surface area contributed by atoms with Crippen molar-refractivity contribution in [3.8, 4) is 11.1 Å². The highest BCUT2D eigenvalue weighted by Gasteiger charge is 2.29. The fourth-order valence-corrected chi connectivity index (χ4v) is 4.29. The first-order valence-corrected chi connectivity index (χ1v) is 10.8. The van der Waals surface area contributed by atoms with E-state index < -0.39 is 30.7 Å². The Balaban J connectivity index is 1.29. The topological polar surface area (TPSA) is 99.0 Å². The van der Waals surface area contributed by atoms with Gasteiger partial charge in [-0.25, -0.2) is 9.18 Å². The molecular formula is C26H26FNO5. The molecule has 4 N–H and O–H groups in total. The van der Waals surface area contributed by atoms with E-state index in [1.54, 1.807) is 0 Å². The SMILES string of the molecule is O=C(NCCC(O)C(O)c1cccc(CO)c1F)OCC1c2ccccc2-c2ccccc21. The van der Waals surface area contributed by atoms with Crippen molar-refractivity contribution in [2.45, 2.75) is 31.2 Å². The molecule has 0 saturated heterocycles. The van der Waals surface area contributed by atoms with Crippen LogP contribution in [0, 0.1) is 5.82 Å². The third-order valence-corrected chi connectivity index (χ3v) is 6.02. The molecule has 0 saturated carbocycles. The second-order valence-corrected chi connectivity index (χ2v) is 8.03. The van der Waals surface area contributed by atoms with Crippen molar-refractivity contribution in [3.05, 3.63) is 94.8 Å². The predicted molar refractivity (Wildman–Crippen MR) is 121 cm³/mol. The van der Waals surface area contributed by atoms with Crippen molar-refractivity contribution in [1.29, 1.82) is 0 Å². The molecule has 0 aliphatic heterocycles. The lowest BCUT2D eigenvalue weighted by atomic mass is 9.98. The zero-order chi connectivity index (χ0) is 23.4. The Kier molecular flexibility index (Phi) is 7.03. The van der Waals surface area contributed by atoms with Gasteiger partial charge >= 0.3 is 6.09 Å².